The van der Waals surface area contributed by atoms with Crippen LogP contribution in [0.4, 0.5) is 5.69 Å². The standard InChI is InChI=1S/C11H15N2O4S/c1-8-6-9(13-12)10(17-3)7-11(8)18(14,15)5-4-16-2/h6-7H,4-5H2,1-3H3/q+1. The zero-order valence-corrected chi connectivity index (χ0v) is 11.3. The summed E-state index contributed by atoms with van der Waals surface area (Å²) in [6.07, 6.45) is 0. The third-order valence-electron chi connectivity index (χ3n) is 2.48. The van der Waals surface area contributed by atoms with Crippen LogP contribution in [0.15, 0.2) is 17.0 Å². The first-order valence-electron chi connectivity index (χ1n) is 5.21. The van der Waals surface area contributed by atoms with Crippen molar-refractivity contribution >= 4 is 15.5 Å². The van der Waals surface area contributed by atoms with Crippen molar-refractivity contribution in [2.75, 3.05) is 26.6 Å². The van der Waals surface area contributed by atoms with Gasteiger partial charge in [0.2, 0.25) is 11.1 Å². The van der Waals surface area contributed by atoms with E-state index in [1.807, 2.05) is 0 Å². The smallest absolute Gasteiger partial charge is 0.426 e. The first-order valence-corrected chi connectivity index (χ1v) is 6.87. The van der Waals surface area contributed by atoms with Crippen molar-refractivity contribution in [3.05, 3.63) is 22.7 Å². The van der Waals surface area contributed by atoms with Crippen LogP contribution in [0.2, 0.25) is 0 Å². The normalized spacial score (nSPS) is 11.0. The Morgan fingerprint density at radius 3 is 2.50 bits per heavy atom. The molecule has 0 spiro atoms. The maximum Gasteiger partial charge on any atom is 0.426 e. The lowest BCUT2D eigenvalue weighted by atomic mass is 10.2. The Hall–Kier alpha value is -1.65. The zero-order valence-electron chi connectivity index (χ0n) is 10.5. The zero-order chi connectivity index (χ0) is 13.8. The molecule has 0 atom stereocenters. The molecule has 18 heavy (non-hydrogen) atoms. The molecule has 0 fully saturated rings. The van der Waals surface area contributed by atoms with E-state index < -0.39 is 9.84 Å². The van der Waals surface area contributed by atoms with E-state index in [4.69, 9.17) is 14.9 Å². The van der Waals surface area contributed by atoms with Crippen molar-refractivity contribution in [1.82, 2.24) is 0 Å². The number of hydrogen-bond donors (Lipinski definition) is 0. The van der Waals surface area contributed by atoms with Crippen LogP contribution in [0.1, 0.15) is 5.56 Å². The van der Waals surface area contributed by atoms with Crippen LogP contribution in [0.25, 0.3) is 4.98 Å². The van der Waals surface area contributed by atoms with E-state index in [0.29, 0.717) is 5.56 Å². The molecule has 98 valence electrons. The van der Waals surface area contributed by atoms with Crippen molar-refractivity contribution in [3.8, 4) is 5.75 Å². The summed E-state index contributed by atoms with van der Waals surface area (Å²) >= 11 is 0. The summed E-state index contributed by atoms with van der Waals surface area (Å²) in [5, 5.41) is 8.78. The van der Waals surface area contributed by atoms with E-state index in [1.54, 1.807) is 6.92 Å². The Kier molecular flexibility index (Phi) is 4.64. The molecule has 0 bridgehead atoms. The summed E-state index contributed by atoms with van der Waals surface area (Å²) in [4.78, 5) is 3.20. The highest BCUT2D eigenvalue weighted by Gasteiger charge is 2.24. The fourth-order valence-electron chi connectivity index (χ4n) is 1.53. The van der Waals surface area contributed by atoms with Crippen molar-refractivity contribution < 1.29 is 17.9 Å². The van der Waals surface area contributed by atoms with Gasteiger partial charge in [-0.2, -0.15) is 0 Å². The maximum atomic E-state index is 12.1. The van der Waals surface area contributed by atoms with Gasteiger partial charge in [0.25, 0.3) is 0 Å². The Bertz CT molecular complexity index is 575. The predicted octanol–water partition coefficient (Wildman–Crippen LogP) is 1.91. The minimum absolute atomic E-state index is 0.108. The minimum Gasteiger partial charge on any atom is -0.489 e. The van der Waals surface area contributed by atoms with E-state index in [2.05, 4.69) is 4.98 Å². The highest BCUT2D eigenvalue weighted by atomic mass is 32.2. The average molecular weight is 271 g/mol. The Morgan fingerprint density at radius 1 is 1.33 bits per heavy atom. The second-order valence-electron chi connectivity index (χ2n) is 3.70. The maximum absolute atomic E-state index is 12.1. The number of benzene rings is 1. The van der Waals surface area contributed by atoms with Gasteiger partial charge >= 0.3 is 5.69 Å². The molecule has 0 radical (unpaired) electrons. The quantitative estimate of drug-likeness (QED) is 0.764. The molecule has 0 saturated heterocycles. The topological polar surface area (TPSA) is 80.8 Å². The number of rotatable bonds is 5. The first kappa shape index (κ1) is 14.4. The van der Waals surface area contributed by atoms with Gasteiger partial charge in [-0.3, -0.25) is 0 Å². The largest absolute Gasteiger partial charge is 0.489 e. The highest BCUT2D eigenvalue weighted by molar-refractivity contribution is 7.91. The number of aryl methyl sites for hydroxylation is 1. The van der Waals surface area contributed by atoms with Gasteiger partial charge in [-0.25, -0.2) is 8.42 Å². The van der Waals surface area contributed by atoms with Crippen LogP contribution in [0, 0.1) is 12.3 Å². The number of sulfone groups is 1. The molecule has 0 aliphatic carbocycles. The van der Waals surface area contributed by atoms with E-state index >= 15 is 0 Å². The minimum atomic E-state index is -3.44. The number of ether oxygens (including phenoxy) is 2. The Balaban J connectivity index is 3.30. The molecule has 0 aromatic heterocycles. The van der Waals surface area contributed by atoms with E-state index in [9.17, 15) is 8.42 Å². The molecular weight excluding hydrogens is 256 g/mol. The van der Waals surface area contributed by atoms with Crippen LogP contribution < -0.4 is 4.74 Å². The van der Waals surface area contributed by atoms with Crippen molar-refractivity contribution in [2.45, 2.75) is 11.8 Å². The second kappa shape index (κ2) is 5.80. The monoisotopic (exact) mass is 271 g/mol. The fraction of sp³-hybridized carbons (Fsp3) is 0.455. The molecule has 0 aliphatic heterocycles. The van der Waals surface area contributed by atoms with Crippen molar-refractivity contribution in [2.24, 2.45) is 0 Å². The fourth-order valence-corrected chi connectivity index (χ4v) is 2.98. The summed E-state index contributed by atoms with van der Waals surface area (Å²) in [6.45, 7) is 1.75. The van der Waals surface area contributed by atoms with Gasteiger partial charge in [0.15, 0.2) is 14.8 Å². The molecule has 1 rings (SSSR count). The number of hydrogen-bond acceptors (Lipinski definition) is 5. The number of methoxy groups -OCH3 is 2. The Labute approximate surface area is 106 Å². The van der Waals surface area contributed by atoms with Crippen LogP contribution in [-0.2, 0) is 14.6 Å². The summed E-state index contributed by atoms with van der Waals surface area (Å²) in [6, 6.07) is 2.81. The summed E-state index contributed by atoms with van der Waals surface area (Å²) in [5.41, 5.74) is 0.695. The molecule has 7 heteroatoms. The summed E-state index contributed by atoms with van der Waals surface area (Å²) in [5.74, 6) is 0.0995. The van der Waals surface area contributed by atoms with Gasteiger partial charge in [0.1, 0.15) is 0 Å². The van der Waals surface area contributed by atoms with E-state index in [-0.39, 0.29) is 28.7 Å². The highest BCUT2D eigenvalue weighted by Crippen LogP contribution is 2.33. The lowest BCUT2D eigenvalue weighted by Crippen LogP contribution is -2.12. The van der Waals surface area contributed by atoms with Crippen LogP contribution in [0.3, 0.4) is 0 Å². The molecule has 0 saturated carbocycles. The van der Waals surface area contributed by atoms with Gasteiger partial charge in [0, 0.05) is 19.2 Å². The molecular formula is C11H15N2O4S+. The number of nitrogens with zero attached hydrogens (tertiary/aromatic N) is 2. The van der Waals surface area contributed by atoms with E-state index in [1.165, 1.54) is 26.4 Å². The second-order valence-corrected chi connectivity index (χ2v) is 5.78. The molecule has 0 heterocycles. The summed E-state index contributed by atoms with van der Waals surface area (Å²) < 4.78 is 33.9. The third-order valence-corrected chi connectivity index (χ3v) is 4.29. The summed E-state index contributed by atoms with van der Waals surface area (Å²) in [7, 11) is -0.618. The average Bonchev–Trinajstić information content (AvgIpc) is 2.35. The third kappa shape index (κ3) is 2.97. The molecule has 0 N–H and O–H groups in total. The van der Waals surface area contributed by atoms with Gasteiger partial charge < -0.3 is 9.47 Å². The van der Waals surface area contributed by atoms with Gasteiger partial charge in [-0.15, -0.1) is 0 Å². The van der Waals surface area contributed by atoms with E-state index in [0.717, 1.165) is 0 Å². The van der Waals surface area contributed by atoms with Gasteiger partial charge in [-0.1, -0.05) is 0 Å². The predicted molar refractivity (Wildman–Crippen MR) is 66.4 cm³/mol. The molecule has 1 aromatic carbocycles. The molecule has 0 amide bonds. The van der Waals surface area contributed by atoms with Crippen molar-refractivity contribution in [3.63, 3.8) is 0 Å². The number of diazo groups is 1. The van der Waals surface area contributed by atoms with Gasteiger partial charge in [0.05, 0.1) is 24.4 Å². The van der Waals surface area contributed by atoms with Crippen molar-refractivity contribution in [1.29, 1.82) is 5.39 Å². The van der Waals surface area contributed by atoms with Crippen LogP contribution >= 0.6 is 0 Å². The molecule has 1 aromatic rings. The lowest BCUT2D eigenvalue weighted by molar-refractivity contribution is 0.217. The lowest BCUT2D eigenvalue weighted by Gasteiger charge is -2.07. The first-order chi connectivity index (χ1) is 8.46. The Morgan fingerprint density at radius 2 is 2.00 bits per heavy atom. The molecule has 0 aliphatic rings. The van der Waals surface area contributed by atoms with Crippen LogP contribution in [0.5, 0.6) is 5.75 Å². The molecule has 6 nitrogen and oxygen atoms in total. The van der Waals surface area contributed by atoms with Gasteiger partial charge in [-0.05, 0) is 12.5 Å². The molecule has 0 unspecified atom stereocenters. The van der Waals surface area contributed by atoms with Crippen LogP contribution in [-0.4, -0.2) is 35.0 Å². The SMILES string of the molecule is COCCS(=O)(=O)c1cc(OC)c([N+]#N)cc1C.